The number of rotatable bonds is 3. The smallest absolute Gasteiger partial charge is 0.0626 e. The number of aliphatic hydroxyl groups excluding tert-OH is 2. The average Bonchev–Trinajstić information content (AvgIpc) is 3.19. The molecule has 4 unspecified atom stereocenters. The molecule has 4 aliphatic carbocycles. The molecule has 4 saturated carbocycles. The summed E-state index contributed by atoms with van der Waals surface area (Å²) in [4.78, 5) is 4.22. The van der Waals surface area contributed by atoms with Crippen molar-refractivity contribution in [1.82, 2.24) is 4.98 Å². The molecule has 0 bridgehead atoms. The maximum Gasteiger partial charge on any atom is 0.0626 e. The number of aliphatic hydroxyl groups is 2. The molecule has 2 aromatic rings. The third kappa shape index (κ3) is 7.13. The van der Waals surface area contributed by atoms with Gasteiger partial charge < -0.3 is 15.2 Å². The van der Waals surface area contributed by atoms with Gasteiger partial charge in [0.15, 0.2) is 0 Å². The van der Waals surface area contributed by atoms with E-state index in [4.69, 9.17) is 0 Å². The second-order valence-corrected chi connectivity index (χ2v) is 12.1. The van der Waals surface area contributed by atoms with Crippen molar-refractivity contribution in [3.63, 3.8) is 0 Å². The van der Waals surface area contributed by atoms with Gasteiger partial charge in [0.25, 0.3) is 0 Å². The Bertz CT molecular complexity index is 860. The molecule has 4 aliphatic rings. The van der Waals surface area contributed by atoms with Crippen LogP contribution in [0.3, 0.4) is 0 Å². The topological polar surface area (TPSA) is 53.4 Å². The summed E-state index contributed by atoms with van der Waals surface area (Å²) in [6, 6.07) is 16.8. The molecular formula is C33H46IrNO2-. The van der Waals surface area contributed by atoms with E-state index in [-0.39, 0.29) is 38.2 Å². The fourth-order valence-electron chi connectivity index (χ4n) is 8.26. The first-order chi connectivity index (χ1) is 17.7. The maximum atomic E-state index is 11.3. The van der Waals surface area contributed by atoms with Gasteiger partial charge in [-0.2, -0.15) is 0 Å². The van der Waals surface area contributed by atoms with Crippen molar-refractivity contribution in [1.29, 1.82) is 0 Å². The molecule has 2 N–H and O–H groups in total. The second-order valence-electron chi connectivity index (χ2n) is 12.1. The Labute approximate surface area is 238 Å². The fraction of sp³-hybridized carbons (Fsp3) is 0.667. The molecule has 3 nitrogen and oxygen atoms in total. The van der Waals surface area contributed by atoms with Crippen molar-refractivity contribution >= 4 is 0 Å². The second kappa shape index (κ2) is 14.4. The van der Waals surface area contributed by atoms with Gasteiger partial charge in [0.05, 0.1) is 12.2 Å². The number of hydrogen-bond donors (Lipinski definition) is 2. The predicted octanol–water partition coefficient (Wildman–Crippen LogP) is 7.47. The third-order valence-corrected chi connectivity index (χ3v) is 10.1. The van der Waals surface area contributed by atoms with Crippen LogP contribution in [0.2, 0.25) is 0 Å². The van der Waals surface area contributed by atoms with Crippen LogP contribution in [-0.2, 0) is 20.1 Å². The molecule has 37 heavy (non-hydrogen) atoms. The van der Waals surface area contributed by atoms with Crippen LogP contribution < -0.4 is 0 Å². The summed E-state index contributed by atoms with van der Waals surface area (Å²) in [5.41, 5.74) is 2.01. The van der Waals surface area contributed by atoms with Crippen molar-refractivity contribution < 1.29 is 30.3 Å². The molecule has 1 radical (unpaired) electrons. The Hall–Kier alpha value is -1.06. The van der Waals surface area contributed by atoms with E-state index in [1.54, 1.807) is 6.20 Å². The number of fused-ring (bicyclic) bond motifs is 1. The molecule has 0 spiro atoms. The van der Waals surface area contributed by atoms with Crippen LogP contribution in [0.1, 0.15) is 89.9 Å². The Kier molecular flexibility index (Phi) is 11.2. The monoisotopic (exact) mass is 681 g/mol. The van der Waals surface area contributed by atoms with Gasteiger partial charge in [-0.25, -0.2) is 0 Å². The van der Waals surface area contributed by atoms with Crippen molar-refractivity contribution in [3.05, 3.63) is 54.7 Å². The van der Waals surface area contributed by atoms with Crippen LogP contribution in [0, 0.1) is 41.6 Å². The Morgan fingerprint density at radius 1 is 0.649 bits per heavy atom. The van der Waals surface area contributed by atoms with Gasteiger partial charge >= 0.3 is 0 Å². The van der Waals surface area contributed by atoms with E-state index >= 15 is 0 Å². The molecule has 0 amide bonds. The van der Waals surface area contributed by atoms with Gasteiger partial charge in [0, 0.05) is 32.2 Å². The number of pyridine rings is 1. The van der Waals surface area contributed by atoms with E-state index in [0.29, 0.717) is 17.8 Å². The summed E-state index contributed by atoms with van der Waals surface area (Å²) in [5, 5.41) is 22.5. The van der Waals surface area contributed by atoms with Crippen molar-refractivity contribution in [2.24, 2.45) is 35.5 Å². The van der Waals surface area contributed by atoms with Crippen molar-refractivity contribution in [2.45, 2.75) is 102 Å². The number of nitrogens with zero attached hydrogens (tertiary/aromatic N) is 1. The normalized spacial score (nSPS) is 32.8. The van der Waals surface area contributed by atoms with E-state index in [1.165, 1.54) is 89.9 Å². The van der Waals surface area contributed by atoms with Gasteiger partial charge in [-0.05, 0) is 60.6 Å². The van der Waals surface area contributed by atoms with Crippen molar-refractivity contribution in [2.75, 3.05) is 0 Å². The molecular weight excluding hydrogens is 635 g/mol. The minimum Gasteiger partial charge on any atom is -0.392 e. The molecule has 0 aliphatic heterocycles. The van der Waals surface area contributed by atoms with Crippen LogP contribution in [-0.4, -0.2) is 27.4 Å². The minimum atomic E-state index is -0.232. The van der Waals surface area contributed by atoms with E-state index in [2.05, 4.69) is 11.1 Å². The van der Waals surface area contributed by atoms with Gasteiger partial charge in [-0.3, -0.25) is 0 Å². The zero-order valence-corrected chi connectivity index (χ0v) is 24.7. The van der Waals surface area contributed by atoms with Crippen LogP contribution in [0.5, 0.6) is 0 Å². The number of aromatic nitrogens is 1. The quantitative estimate of drug-likeness (QED) is 0.331. The summed E-state index contributed by atoms with van der Waals surface area (Å²) < 4.78 is 0. The zero-order valence-electron chi connectivity index (χ0n) is 22.3. The molecule has 1 aromatic heterocycles. The maximum absolute atomic E-state index is 11.3. The van der Waals surface area contributed by atoms with Crippen molar-refractivity contribution in [3.8, 4) is 11.3 Å². The summed E-state index contributed by atoms with van der Waals surface area (Å²) in [6.07, 6.45) is 19.8. The molecule has 205 valence electrons. The number of benzene rings is 1. The van der Waals surface area contributed by atoms with E-state index in [0.717, 1.165) is 23.1 Å². The summed E-state index contributed by atoms with van der Waals surface area (Å²) >= 11 is 0. The fourth-order valence-corrected chi connectivity index (χ4v) is 8.26. The first-order valence-electron chi connectivity index (χ1n) is 15.0. The van der Waals surface area contributed by atoms with Gasteiger partial charge in [-0.15, -0.1) is 35.9 Å². The Morgan fingerprint density at radius 3 is 1.89 bits per heavy atom. The van der Waals surface area contributed by atoms with Gasteiger partial charge in [-0.1, -0.05) is 82.8 Å². The molecule has 6 atom stereocenters. The average molecular weight is 681 g/mol. The Balaban J connectivity index is 0.000000208. The van der Waals surface area contributed by atoms with Gasteiger partial charge in [0.2, 0.25) is 0 Å². The van der Waals surface area contributed by atoms with E-state index < -0.39 is 0 Å². The number of hydrogen-bond acceptors (Lipinski definition) is 3. The largest absolute Gasteiger partial charge is 0.392 e. The van der Waals surface area contributed by atoms with Crippen LogP contribution >= 0.6 is 0 Å². The van der Waals surface area contributed by atoms with E-state index in [1.807, 2.05) is 42.5 Å². The van der Waals surface area contributed by atoms with E-state index in [9.17, 15) is 10.2 Å². The SMILES string of the molecule is OC1C2C(CCC[C@@H]1C1CCCCC1)C[C@@H](C1CCCCC1)C2O.[Ir].[c-]1ccccc1-c1ccccn1. The molecule has 0 saturated heterocycles. The zero-order chi connectivity index (χ0) is 24.7. The minimum absolute atomic E-state index is 0. The first kappa shape index (κ1) is 28.9. The third-order valence-electron chi connectivity index (χ3n) is 10.1. The molecule has 6 rings (SSSR count). The molecule has 1 heterocycles. The Morgan fingerprint density at radius 2 is 1.27 bits per heavy atom. The molecule has 4 heteroatoms. The van der Waals surface area contributed by atoms with Gasteiger partial charge in [0.1, 0.15) is 0 Å². The molecule has 4 fully saturated rings. The molecule has 1 aromatic carbocycles. The predicted molar refractivity (Wildman–Crippen MR) is 146 cm³/mol. The van der Waals surface area contributed by atoms with Crippen LogP contribution in [0.15, 0.2) is 48.7 Å². The van der Waals surface area contributed by atoms with Crippen LogP contribution in [0.25, 0.3) is 11.3 Å². The standard InChI is InChI=1S/C22H38O2.C11H8N.Ir/c23-21-18(15-8-3-1-4-9-15)13-7-12-17-14-19(22(24)20(17)21)16-10-5-2-6-11-16;1-2-6-10(7-3-1)11-8-4-5-9-12-11;/h15-24H,1-14H2;1-6,8-9H;/q;-1;/t17?,18-,19+,20?,21?,22?;;/m1../s1. The summed E-state index contributed by atoms with van der Waals surface area (Å²) in [6.45, 7) is 0. The summed E-state index contributed by atoms with van der Waals surface area (Å²) in [7, 11) is 0. The first-order valence-corrected chi connectivity index (χ1v) is 15.0. The summed E-state index contributed by atoms with van der Waals surface area (Å²) in [5.74, 6) is 3.21. The van der Waals surface area contributed by atoms with Crippen LogP contribution in [0.4, 0.5) is 0 Å².